The van der Waals surface area contributed by atoms with E-state index >= 15 is 0 Å². The van der Waals surface area contributed by atoms with Crippen LogP contribution in [0.5, 0.6) is 0 Å². The van der Waals surface area contributed by atoms with Gasteiger partial charge in [0.15, 0.2) is 0 Å². The van der Waals surface area contributed by atoms with Gasteiger partial charge in [0.2, 0.25) is 5.91 Å². The summed E-state index contributed by atoms with van der Waals surface area (Å²) in [4.78, 5) is 26.6. The van der Waals surface area contributed by atoms with Gasteiger partial charge in [-0.15, -0.1) is 0 Å². The molecule has 2 aromatic carbocycles. The number of para-hydroxylation sites is 1. The largest absolute Gasteiger partial charge is 0.331 e. The minimum Gasteiger partial charge on any atom is -0.331 e. The lowest BCUT2D eigenvalue weighted by atomic mass is 9.90. The Balaban J connectivity index is 1.91. The Bertz CT molecular complexity index is 847. The first-order valence-electron chi connectivity index (χ1n) is 9.61. The van der Waals surface area contributed by atoms with Crippen LogP contribution in [0.2, 0.25) is 0 Å². The fourth-order valence-electron chi connectivity index (χ4n) is 3.72. The zero-order valence-corrected chi connectivity index (χ0v) is 16.0. The number of anilines is 1. The highest BCUT2D eigenvalue weighted by atomic mass is 19.1. The lowest BCUT2D eigenvalue weighted by molar-refractivity contribution is -0.114. The molecule has 0 bridgehead atoms. The summed E-state index contributed by atoms with van der Waals surface area (Å²) in [5, 5.41) is 2.82. The van der Waals surface area contributed by atoms with Crippen molar-refractivity contribution in [2.75, 3.05) is 5.32 Å². The van der Waals surface area contributed by atoms with E-state index in [1.54, 1.807) is 17.0 Å². The Kier molecular flexibility index (Phi) is 6.41. The minimum atomic E-state index is -0.435. The van der Waals surface area contributed by atoms with E-state index in [1.807, 2.05) is 24.3 Å². The highest BCUT2D eigenvalue weighted by Gasteiger charge is 2.29. The number of halogens is 1. The molecule has 0 radical (unpaired) electrons. The van der Waals surface area contributed by atoms with E-state index in [4.69, 9.17) is 5.73 Å². The van der Waals surface area contributed by atoms with Gasteiger partial charge < -0.3 is 16.0 Å². The van der Waals surface area contributed by atoms with Crippen LogP contribution in [0.4, 0.5) is 10.1 Å². The van der Waals surface area contributed by atoms with Gasteiger partial charge in [0.25, 0.3) is 5.91 Å². The van der Waals surface area contributed by atoms with Gasteiger partial charge in [-0.3, -0.25) is 9.59 Å². The van der Waals surface area contributed by atoms with Crippen LogP contribution in [0.3, 0.4) is 0 Å². The second-order valence-electron chi connectivity index (χ2n) is 7.35. The first-order valence-corrected chi connectivity index (χ1v) is 9.61. The summed E-state index contributed by atoms with van der Waals surface area (Å²) in [6.45, 7) is 1.79. The third-order valence-electron chi connectivity index (χ3n) is 5.18. The normalized spacial score (nSPS) is 19.1. The predicted molar refractivity (Wildman–Crippen MR) is 107 cm³/mol. The molecule has 0 spiro atoms. The molecule has 2 amide bonds. The summed E-state index contributed by atoms with van der Waals surface area (Å²) in [5.41, 5.74) is 7.89. The number of nitrogens with one attached hydrogen (secondary N) is 1. The van der Waals surface area contributed by atoms with Gasteiger partial charge in [-0.1, -0.05) is 24.3 Å². The van der Waals surface area contributed by atoms with E-state index in [0.29, 0.717) is 17.8 Å². The van der Waals surface area contributed by atoms with E-state index < -0.39 is 5.82 Å². The average Bonchev–Trinajstić information content (AvgIpc) is 2.67. The lowest BCUT2D eigenvalue weighted by Crippen LogP contribution is -2.44. The van der Waals surface area contributed by atoms with E-state index in [9.17, 15) is 14.0 Å². The van der Waals surface area contributed by atoms with Crippen LogP contribution in [-0.4, -0.2) is 28.8 Å². The minimum absolute atomic E-state index is 0.0287. The van der Waals surface area contributed by atoms with Crippen LogP contribution >= 0.6 is 0 Å². The third kappa shape index (κ3) is 4.95. The molecular weight excluding hydrogens is 357 g/mol. The third-order valence-corrected chi connectivity index (χ3v) is 5.18. The molecule has 3 rings (SSSR count). The Morgan fingerprint density at radius 1 is 1.11 bits per heavy atom. The topological polar surface area (TPSA) is 75.4 Å². The van der Waals surface area contributed by atoms with Crippen molar-refractivity contribution in [3.8, 4) is 0 Å². The van der Waals surface area contributed by atoms with Crippen LogP contribution < -0.4 is 11.1 Å². The van der Waals surface area contributed by atoms with Gasteiger partial charge in [-0.2, -0.15) is 0 Å². The van der Waals surface area contributed by atoms with Crippen molar-refractivity contribution < 1.29 is 14.0 Å². The highest BCUT2D eigenvalue weighted by molar-refractivity contribution is 5.94. The SMILES string of the molecule is CC(=O)Nc1ccccc1CN(C(=O)c1cccc(F)c1)C1CCC(N)CC1. The summed E-state index contributed by atoms with van der Waals surface area (Å²) in [6.07, 6.45) is 3.32. The van der Waals surface area contributed by atoms with E-state index in [0.717, 1.165) is 31.2 Å². The summed E-state index contributed by atoms with van der Waals surface area (Å²) in [6, 6.07) is 13.4. The molecule has 5 nitrogen and oxygen atoms in total. The van der Waals surface area contributed by atoms with Crippen LogP contribution in [0.1, 0.15) is 48.5 Å². The molecule has 2 aromatic rings. The maximum absolute atomic E-state index is 13.7. The molecule has 0 heterocycles. The molecule has 148 valence electrons. The molecule has 28 heavy (non-hydrogen) atoms. The van der Waals surface area contributed by atoms with Gasteiger partial charge in [-0.25, -0.2) is 4.39 Å². The van der Waals surface area contributed by atoms with Crippen molar-refractivity contribution in [3.63, 3.8) is 0 Å². The van der Waals surface area contributed by atoms with Gasteiger partial charge in [0.05, 0.1) is 0 Å². The van der Waals surface area contributed by atoms with Gasteiger partial charge in [0, 0.05) is 36.8 Å². The molecule has 6 heteroatoms. The van der Waals surface area contributed by atoms with Crippen molar-refractivity contribution >= 4 is 17.5 Å². The molecule has 0 unspecified atom stereocenters. The number of rotatable bonds is 5. The van der Waals surface area contributed by atoms with Crippen molar-refractivity contribution in [3.05, 3.63) is 65.5 Å². The maximum Gasteiger partial charge on any atom is 0.254 e. The van der Waals surface area contributed by atoms with E-state index in [2.05, 4.69) is 5.32 Å². The smallest absolute Gasteiger partial charge is 0.254 e. The monoisotopic (exact) mass is 383 g/mol. The molecule has 1 fully saturated rings. The Morgan fingerprint density at radius 3 is 2.50 bits per heavy atom. The summed E-state index contributed by atoms with van der Waals surface area (Å²) in [7, 11) is 0. The van der Waals surface area contributed by atoms with Crippen LogP contribution in [-0.2, 0) is 11.3 Å². The Morgan fingerprint density at radius 2 is 1.82 bits per heavy atom. The molecule has 0 aromatic heterocycles. The Labute approximate surface area is 164 Å². The quantitative estimate of drug-likeness (QED) is 0.827. The number of carbonyl (C=O) groups is 2. The highest BCUT2D eigenvalue weighted by Crippen LogP contribution is 2.27. The number of nitrogens with zero attached hydrogens (tertiary/aromatic N) is 1. The first kappa shape index (κ1) is 20.0. The van der Waals surface area contributed by atoms with Gasteiger partial charge in [0.1, 0.15) is 5.82 Å². The second kappa shape index (κ2) is 8.97. The maximum atomic E-state index is 13.7. The molecule has 0 atom stereocenters. The average molecular weight is 383 g/mol. The summed E-state index contributed by atoms with van der Waals surface area (Å²) < 4.78 is 13.7. The van der Waals surface area contributed by atoms with Gasteiger partial charge in [-0.05, 0) is 55.5 Å². The predicted octanol–water partition coefficient (Wildman–Crippen LogP) is 3.70. The number of nitrogens with two attached hydrogens (primary N) is 1. The second-order valence-corrected chi connectivity index (χ2v) is 7.35. The van der Waals surface area contributed by atoms with Gasteiger partial charge >= 0.3 is 0 Å². The molecule has 1 saturated carbocycles. The fraction of sp³-hybridized carbons (Fsp3) is 0.364. The lowest BCUT2D eigenvalue weighted by Gasteiger charge is -2.36. The molecule has 1 aliphatic rings. The molecule has 0 saturated heterocycles. The van der Waals surface area contributed by atoms with Crippen molar-refractivity contribution in [2.24, 2.45) is 5.73 Å². The number of hydrogen-bond acceptors (Lipinski definition) is 3. The number of hydrogen-bond donors (Lipinski definition) is 2. The molecule has 1 aliphatic carbocycles. The van der Waals surface area contributed by atoms with Crippen molar-refractivity contribution in [2.45, 2.75) is 51.2 Å². The summed E-state index contributed by atoms with van der Waals surface area (Å²) in [5.74, 6) is -0.813. The van der Waals surface area contributed by atoms with Crippen LogP contribution in [0.15, 0.2) is 48.5 Å². The first-order chi connectivity index (χ1) is 13.4. The zero-order chi connectivity index (χ0) is 20.1. The summed E-state index contributed by atoms with van der Waals surface area (Å²) >= 11 is 0. The van der Waals surface area contributed by atoms with Crippen LogP contribution in [0, 0.1) is 5.82 Å². The fourth-order valence-corrected chi connectivity index (χ4v) is 3.72. The van der Waals surface area contributed by atoms with E-state index in [1.165, 1.54) is 19.1 Å². The number of amides is 2. The Hall–Kier alpha value is -2.73. The zero-order valence-electron chi connectivity index (χ0n) is 16.0. The van der Waals surface area contributed by atoms with Crippen molar-refractivity contribution in [1.82, 2.24) is 4.90 Å². The number of benzene rings is 2. The number of carbonyl (C=O) groups excluding carboxylic acids is 2. The molecule has 0 aliphatic heterocycles. The molecular formula is C22H26FN3O2. The standard InChI is InChI=1S/C22H26FN3O2/c1-15(27)25-21-8-3-2-5-17(21)14-26(20-11-9-19(24)10-12-20)22(28)16-6-4-7-18(23)13-16/h2-8,13,19-20H,9-12,14,24H2,1H3,(H,25,27). The van der Waals surface area contributed by atoms with Crippen molar-refractivity contribution in [1.29, 1.82) is 0 Å². The van der Waals surface area contributed by atoms with Crippen LogP contribution in [0.25, 0.3) is 0 Å². The van der Waals surface area contributed by atoms with E-state index in [-0.39, 0.29) is 23.9 Å². The molecule has 3 N–H and O–H groups in total.